The summed E-state index contributed by atoms with van der Waals surface area (Å²) >= 11 is 0. The fourth-order valence-electron chi connectivity index (χ4n) is 7.83. The standard InChI is InChI=1S/C45H34N4O/c1-3-13-29(14-4-1)43-46-44(30-15-5-2-6-16-30)48-45(47-43)31-23-25-32(26-24-31)49-37-21-11-9-20-36(37)41-38(49)27-28-40-42(41)35-19-8-7-17-33(35)34-18-10-12-22-39(34)50-40/h1-28,43-48H. The van der Waals surface area contributed by atoms with E-state index in [1.807, 2.05) is 6.07 Å². The zero-order chi connectivity index (χ0) is 33.0. The quantitative estimate of drug-likeness (QED) is 0.178. The molecule has 1 aromatic heterocycles. The minimum Gasteiger partial charge on any atom is -0.456 e. The molecule has 2 unspecified atom stereocenters. The van der Waals surface area contributed by atoms with Gasteiger partial charge in [0.05, 0.1) is 29.5 Å². The maximum Gasteiger partial charge on any atom is 0.136 e. The van der Waals surface area contributed by atoms with Crippen molar-refractivity contribution in [1.82, 2.24) is 20.5 Å². The number of hydrogen-bond acceptors (Lipinski definition) is 4. The fourth-order valence-corrected chi connectivity index (χ4v) is 7.83. The molecule has 0 aliphatic carbocycles. The summed E-state index contributed by atoms with van der Waals surface area (Å²) in [7, 11) is 0. The van der Waals surface area contributed by atoms with Gasteiger partial charge in [-0.25, -0.2) is 0 Å². The number of nitrogens with zero attached hydrogens (tertiary/aromatic N) is 1. The van der Waals surface area contributed by atoms with Gasteiger partial charge in [0.15, 0.2) is 0 Å². The summed E-state index contributed by atoms with van der Waals surface area (Å²) in [5.41, 5.74) is 11.6. The van der Waals surface area contributed by atoms with Crippen molar-refractivity contribution in [1.29, 1.82) is 0 Å². The Bertz CT molecular complexity index is 2460. The smallest absolute Gasteiger partial charge is 0.136 e. The van der Waals surface area contributed by atoms with Crippen LogP contribution < -0.4 is 20.7 Å². The second kappa shape index (κ2) is 11.9. The highest BCUT2D eigenvalue weighted by Crippen LogP contribution is 2.51. The van der Waals surface area contributed by atoms with Gasteiger partial charge >= 0.3 is 0 Å². The highest BCUT2D eigenvalue weighted by atomic mass is 16.5. The number of nitrogens with one attached hydrogen (secondary N) is 3. The first kappa shape index (κ1) is 29.0. The normalized spacial score (nSPS) is 18.1. The first-order valence-corrected chi connectivity index (χ1v) is 17.2. The molecule has 7 aromatic carbocycles. The molecule has 0 saturated carbocycles. The van der Waals surface area contributed by atoms with E-state index < -0.39 is 0 Å². The van der Waals surface area contributed by atoms with Gasteiger partial charge in [-0.3, -0.25) is 16.0 Å². The van der Waals surface area contributed by atoms with Crippen LogP contribution in [0.1, 0.15) is 35.2 Å². The Labute approximate surface area is 290 Å². The molecule has 240 valence electrons. The lowest BCUT2D eigenvalue weighted by Gasteiger charge is -2.39. The van der Waals surface area contributed by atoms with Crippen LogP contribution in [0.3, 0.4) is 0 Å². The Kier molecular flexibility index (Phi) is 6.88. The van der Waals surface area contributed by atoms with E-state index in [0.717, 1.165) is 39.3 Å². The van der Waals surface area contributed by atoms with Crippen molar-refractivity contribution in [2.75, 3.05) is 0 Å². The topological polar surface area (TPSA) is 50.2 Å². The van der Waals surface area contributed by atoms with E-state index >= 15 is 0 Å². The van der Waals surface area contributed by atoms with E-state index in [1.54, 1.807) is 0 Å². The van der Waals surface area contributed by atoms with Crippen LogP contribution >= 0.6 is 0 Å². The summed E-state index contributed by atoms with van der Waals surface area (Å²) in [5, 5.41) is 13.8. The van der Waals surface area contributed by atoms with Gasteiger partial charge in [-0.1, -0.05) is 133 Å². The van der Waals surface area contributed by atoms with E-state index in [4.69, 9.17) is 4.74 Å². The summed E-state index contributed by atoms with van der Waals surface area (Å²) in [6, 6.07) is 60.2. The van der Waals surface area contributed by atoms with Crippen LogP contribution in [-0.2, 0) is 0 Å². The molecule has 50 heavy (non-hydrogen) atoms. The lowest BCUT2D eigenvalue weighted by Crippen LogP contribution is -2.54. The molecule has 3 N–H and O–H groups in total. The predicted octanol–water partition coefficient (Wildman–Crippen LogP) is 10.4. The molecular formula is C45H34N4O. The molecule has 0 amide bonds. The summed E-state index contributed by atoms with van der Waals surface area (Å²) in [6.07, 6.45) is -0.0998. The third-order valence-electron chi connectivity index (χ3n) is 10.1. The zero-order valence-corrected chi connectivity index (χ0v) is 27.3. The second-order valence-electron chi connectivity index (χ2n) is 13.0. The van der Waals surface area contributed by atoms with Crippen LogP contribution in [0.5, 0.6) is 11.5 Å². The zero-order valence-electron chi connectivity index (χ0n) is 27.3. The van der Waals surface area contributed by atoms with E-state index in [1.165, 1.54) is 38.6 Å². The number of rotatable bonds is 4. The van der Waals surface area contributed by atoms with Crippen molar-refractivity contribution in [2.45, 2.75) is 18.5 Å². The minimum absolute atomic E-state index is 0.0174. The van der Waals surface area contributed by atoms with Crippen LogP contribution in [0.2, 0.25) is 0 Å². The number of fused-ring (bicyclic) bond motifs is 9. The van der Waals surface area contributed by atoms with Crippen molar-refractivity contribution in [3.63, 3.8) is 0 Å². The van der Waals surface area contributed by atoms with Crippen LogP contribution in [0.4, 0.5) is 0 Å². The number of para-hydroxylation sites is 2. The molecule has 0 radical (unpaired) electrons. The van der Waals surface area contributed by atoms with E-state index in [9.17, 15) is 0 Å². The van der Waals surface area contributed by atoms with Gasteiger partial charge in [-0.15, -0.1) is 0 Å². The Balaban J connectivity index is 1.09. The first-order chi connectivity index (χ1) is 24.8. The minimum atomic E-state index is -0.0649. The summed E-state index contributed by atoms with van der Waals surface area (Å²) in [6.45, 7) is 0. The average molecular weight is 647 g/mol. The second-order valence-corrected chi connectivity index (χ2v) is 13.0. The van der Waals surface area contributed by atoms with Crippen molar-refractivity contribution in [3.05, 3.63) is 187 Å². The SMILES string of the molecule is c1ccc(C2NC(c3ccccc3)NC(c3ccc(-n4c5ccccc5c5c6c(ccc54)Oc4ccccc4-c4ccccc4-6)cc3)N2)cc1. The predicted molar refractivity (Wildman–Crippen MR) is 202 cm³/mol. The van der Waals surface area contributed by atoms with Gasteiger partial charge in [0, 0.05) is 27.6 Å². The van der Waals surface area contributed by atoms with Crippen molar-refractivity contribution in [2.24, 2.45) is 0 Å². The van der Waals surface area contributed by atoms with Crippen molar-refractivity contribution in [3.8, 4) is 39.4 Å². The molecule has 1 fully saturated rings. The lowest BCUT2D eigenvalue weighted by atomic mass is 9.92. The Morgan fingerprint density at radius 2 is 0.940 bits per heavy atom. The van der Waals surface area contributed by atoms with E-state index in [0.29, 0.717) is 0 Å². The highest BCUT2D eigenvalue weighted by Gasteiger charge is 2.30. The molecule has 2 atom stereocenters. The molecule has 0 spiro atoms. The maximum absolute atomic E-state index is 6.69. The van der Waals surface area contributed by atoms with Gasteiger partial charge in [-0.2, -0.15) is 0 Å². The third kappa shape index (κ3) is 4.75. The molecule has 5 heteroatoms. The Hall–Kier alpha value is -5.98. The number of ether oxygens (including phenoxy) is 1. The maximum atomic E-state index is 6.69. The van der Waals surface area contributed by atoms with Crippen LogP contribution in [-0.4, -0.2) is 4.57 Å². The highest BCUT2D eigenvalue weighted by molar-refractivity contribution is 6.18. The molecule has 5 nitrogen and oxygen atoms in total. The molecule has 0 bridgehead atoms. The molecule has 8 aromatic rings. The lowest BCUT2D eigenvalue weighted by molar-refractivity contribution is 0.203. The Morgan fingerprint density at radius 1 is 0.400 bits per heavy atom. The monoisotopic (exact) mass is 646 g/mol. The van der Waals surface area contributed by atoms with Crippen LogP contribution in [0.15, 0.2) is 170 Å². The average Bonchev–Trinajstić information content (AvgIpc) is 3.45. The van der Waals surface area contributed by atoms with Gasteiger partial charge in [0.1, 0.15) is 11.5 Å². The fraction of sp³-hybridized carbons (Fsp3) is 0.0667. The van der Waals surface area contributed by atoms with E-state index in [2.05, 4.69) is 184 Å². The molecular weight excluding hydrogens is 613 g/mol. The summed E-state index contributed by atoms with van der Waals surface area (Å²) in [4.78, 5) is 0. The van der Waals surface area contributed by atoms with Crippen molar-refractivity contribution >= 4 is 21.8 Å². The van der Waals surface area contributed by atoms with Gasteiger partial charge in [0.2, 0.25) is 0 Å². The molecule has 10 rings (SSSR count). The van der Waals surface area contributed by atoms with Crippen molar-refractivity contribution < 1.29 is 4.74 Å². The van der Waals surface area contributed by atoms with Gasteiger partial charge < -0.3 is 9.30 Å². The third-order valence-corrected chi connectivity index (χ3v) is 10.1. The first-order valence-electron chi connectivity index (χ1n) is 17.2. The largest absolute Gasteiger partial charge is 0.456 e. The number of hydrogen-bond donors (Lipinski definition) is 3. The Morgan fingerprint density at radius 3 is 1.62 bits per heavy atom. The molecule has 1 saturated heterocycles. The van der Waals surface area contributed by atoms with Crippen LogP contribution in [0.25, 0.3) is 49.7 Å². The van der Waals surface area contributed by atoms with Gasteiger partial charge in [-0.05, 0) is 64.2 Å². The van der Waals surface area contributed by atoms with Crippen LogP contribution in [0, 0.1) is 0 Å². The summed E-state index contributed by atoms with van der Waals surface area (Å²) in [5.74, 6) is 1.75. The molecule has 3 heterocycles. The van der Waals surface area contributed by atoms with E-state index in [-0.39, 0.29) is 18.5 Å². The number of benzene rings is 7. The number of aromatic nitrogens is 1. The van der Waals surface area contributed by atoms with Gasteiger partial charge in [0.25, 0.3) is 0 Å². The molecule has 2 aliphatic rings. The summed E-state index contributed by atoms with van der Waals surface area (Å²) < 4.78 is 9.08. The molecule has 2 aliphatic heterocycles.